The molecule has 16 heteroatoms. The quantitative estimate of drug-likeness (QED) is 0.0185. The van der Waals surface area contributed by atoms with Gasteiger partial charge >= 0.3 is 17.9 Å². The number of carbonyl (C=O) groups excluding carboxylic acids is 6. The number of aromatic nitrogens is 1. The Morgan fingerprint density at radius 1 is 0.913 bits per heavy atom. The summed E-state index contributed by atoms with van der Waals surface area (Å²) < 4.78 is 16.7. The van der Waals surface area contributed by atoms with E-state index in [1.54, 1.807) is 31.2 Å². The number of aliphatic hydroxyl groups excluding tert-OH is 2. The molecule has 1 aliphatic carbocycles. The van der Waals surface area contributed by atoms with Gasteiger partial charge in [0.15, 0.2) is 6.10 Å². The van der Waals surface area contributed by atoms with Gasteiger partial charge in [0.05, 0.1) is 36.2 Å². The molecule has 6 atom stereocenters. The van der Waals surface area contributed by atoms with Crippen molar-refractivity contribution in [3.05, 3.63) is 106 Å². The van der Waals surface area contributed by atoms with Gasteiger partial charge < -0.3 is 50.3 Å². The SMILES string of the molecule is CCNC(=O)CCC/C=C\C[C@@H]1C(/C=C/C(Cc2ccccc2)OC(=O)CCC(=O)OC(C)C(=O)Oc2ccc3c(c2)/C(=C/c2[nH]c(C)c(C(=O)NCCN(CC)CC)c2C)C(=O)N3)[C@H](O)C[C@@H]1O. The summed E-state index contributed by atoms with van der Waals surface area (Å²) in [5.74, 6) is -3.51. The third kappa shape index (κ3) is 15.6. The molecule has 1 saturated carbocycles. The molecule has 2 aliphatic rings. The summed E-state index contributed by atoms with van der Waals surface area (Å²) in [5.41, 5.74) is 4.57. The Kier molecular flexibility index (Phi) is 20.5. The lowest BCUT2D eigenvalue weighted by Gasteiger charge is -2.21. The van der Waals surface area contributed by atoms with E-state index in [1.165, 1.54) is 19.1 Å². The Balaban J connectivity index is 1.15. The first kappa shape index (κ1) is 53.6. The van der Waals surface area contributed by atoms with Crippen LogP contribution in [0.1, 0.15) is 111 Å². The highest BCUT2D eigenvalue weighted by atomic mass is 16.6. The van der Waals surface area contributed by atoms with Crippen LogP contribution in [0.15, 0.2) is 72.8 Å². The Morgan fingerprint density at radius 2 is 1.64 bits per heavy atom. The maximum atomic E-state index is 13.2. The lowest BCUT2D eigenvalue weighted by molar-refractivity contribution is -0.162. The fourth-order valence-electron chi connectivity index (χ4n) is 8.66. The number of rotatable bonds is 25. The Labute approximate surface area is 404 Å². The molecule has 3 aromatic rings. The van der Waals surface area contributed by atoms with Crippen molar-refractivity contribution in [1.82, 2.24) is 20.5 Å². The molecule has 372 valence electrons. The molecule has 69 heavy (non-hydrogen) atoms. The first-order valence-electron chi connectivity index (χ1n) is 24.1. The smallest absolute Gasteiger partial charge is 0.352 e. The van der Waals surface area contributed by atoms with Crippen LogP contribution in [0.5, 0.6) is 5.75 Å². The first-order valence-corrected chi connectivity index (χ1v) is 24.1. The summed E-state index contributed by atoms with van der Waals surface area (Å²) in [4.78, 5) is 82.7. The number of hydrogen-bond acceptors (Lipinski definition) is 12. The number of H-pyrrole nitrogens is 1. The Morgan fingerprint density at radius 3 is 2.35 bits per heavy atom. The van der Waals surface area contributed by atoms with Gasteiger partial charge in [0.2, 0.25) is 5.91 Å². The molecule has 3 unspecified atom stereocenters. The van der Waals surface area contributed by atoms with Gasteiger partial charge in [-0.05, 0) is 107 Å². The van der Waals surface area contributed by atoms with E-state index in [0.29, 0.717) is 84.5 Å². The molecule has 0 radical (unpaired) electrons. The number of benzene rings is 2. The lowest BCUT2D eigenvalue weighted by atomic mass is 9.89. The minimum absolute atomic E-state index is 0.0131. The largest absolute Gasteiger partial charge is 0.458 e. The van der Waals surface area contributed by atoms with Gasteiger partial charge in [0, 0.05) is 67.5 Å². The van der Waals surface area contributed by atoms with Gasteiger partial charge in [-0.15, -0.1) is 0 Å². The van der Waals surface area contributed by atoms with Crippen LogP contribution in [0.2, 0.25) is 0 Å². The van der Waals surface area contributed by atoms with Gasteiger partial charge in [-0.2, -0.15) is 0 Å². The number of aliphatic hydroxyl groups is 2. The molecule has 2 heterocycles. The number of anilines is 1. The van der Waals surface area contributed by atoms with Crippen LogP contribution in [0, 0.1) is 25.7 Å². The Bertz CT molecular complexity index is 2350. The highest BCUT2D eigenvalue weighted by molar-refractivity contribution is 6.35. The van der Waals surface area contributed by atoms with Crippen LogP contribution in [0.3, 0.4) is 0 Å². The van der Waals surface area contributed by atoms with Crippen molar-refractivity contribution < 1.29 is 53.2 Å². The second-order valence-electron chi connectivity index (χ2n) is 17.5. The van der Waals surface area contributed by atoms with Crippen LogP contribution in [0.25, 0.3) is 11.6 Å². The molecule has 5 rings (SSSR count). The minimum atomic E-state index is -1.34. The number of nitrogens with zero attached hydrogens (tertiary/aromatic N) is 1. The van der Waals surface area contributed by atoms with Gasteiger partial charge in [-0.25, -0.2) is 4.79 Å². The molecule has 0 saturated heterocycles. The molecule has 1 aromatic heterocycles. The number of fused-ring (bicyclic) bond motifs is 1. The van der Waals surface area contributed by atoms with E-state index in [9.17, 15) is 39.0 Å². The van der Waals surface area contributed by atoms with Crippen molar-refractivity contribution in [2.75, 3.05) is 38.0 Å². The monoisotopic (exact) mass is 951 g/mol. The molecular weight excluding hydrogens is 883 g/mol. The number of hydrogen-bond donors (Lipinski definition) is 6. The van der Waals surface area contributed by atoms with Crippen molar-refractivity contribution in [3.63, 3.8) is 0 Å². The van der Waals surface area contributed by atoms with Crippen LogP contribution in [-0.4, -0.2) is 113 Å². The predicted molar refractivity (Wildman–Crippen MR) is 263 cm³/mol. The maximum Gasteiger partial charge on any atom is 0.352 e. The number of esters is 3. The first-order chi connectivity index (χ1) is 33.1. The third-order valence-corrected chi connectivity index (χ3v) is 12.5. The van der Waals surface area contributed by atoms with E-state index in [1.807, 2.05) is 56.3 Å². The zero-order valence-electron chi connectivity index (χ0n) is 40.7. The van der Waals surface area contributed by atoms with E-state index in [4.69, 9.17) is 14.2 Å². The lowest BCUT2D eigenvalue weighted by Crippen LogP contribution is -2.35. The number of aryl methyl sites for hydroxylation is 1. The number of likely N-dealkylation sites (N-methyl/N-ethyl adjacent to an activating group) is 1. The molecule has 2 aromatic carbocycles. The number of nitrogens with one attached hydrogen (secondary N) is 4. The summed E-state index contributed by atoms with van der Waals surface area (Å²) in [6, 6.07) is 14.0. The second-order valence-corrected chi connectivity index (χ2v) is 17.5. The summed E-state index contributed by atoms with van der Waals surface area (Å²) in [6.07, 6.45) is 7.71. The topological polar surface area (TPSA) is 226 Å². The standard InChI is InChI=1S/C53H69N5O11/c1-7-54-47(61)20-16-11-10-15-19-39-40(46(60)32-45(39)59)23-21-37(29-36-17-13-12-14-18-36)68-49(63)26-25-48(62)67-35(6)53(66)69-38-22-24-43-41(30-38)42(51(64)57-43)31-44-33(4)50(34(5)56-44)52(65)55-27-28-58(8-2)9-3/h10,12-15,17-18,21-24,30-31,35,37,39-40,45-46,56,59-60H,7-9,11,16,19-20,25-29,32H2,1-6H3,(H,54,61)(H,55,65)(H,57,64)/b15-10-,23-21+,42-31-/t35?,37?,39-,40?,45+,46-/m1/s1. The minimum Gasteiger partial charge on any atom is -0.458 e. The van der Waals surface area contributed by atoms with Gasteiger partial charge in [0.25, 0.3) is 11.8 Å². The molecular formula is C53H69N5O11. The predicted octanol–water partition coefficient (Wildman–Crippen LogP) is 6.13. The zero-order chi connectivity index (χ0) is 50.0. The third-order valence-electron chi connectivity index (χ3n) is 12.5. The number of unbranched alkanes of at least 4 members (excludes halogenated alkanes) is 1. The molecule has 0 spiro atoms. The number of amides is 3. The van der Waals surface area contributed by atoms with Crippen LogP contribution < -0.4 is 20.7 Å². The molecule has 3 amide bonds. The van der Waals surface area contributed by atoms with Crippen molar-refractivity contribution in [2.24, 2.45) is 11.8 Å². The molecule has 0 bridgehead atoms. The van der Waals surface area contributed by atoms with E-state index in [-0.39, 0.29) is 48.7 Å². The van der Waals surface area contributed by atoms with Crippen molar-refractivity contribution in [1.29, 1.82) is 0 Å². The summed E-state index contributed by atoms with van der Waals surface area (Å²) >= 11 is 0. The highest BCUT2D eigenvalue weighted by Crippen LogP contribution is 2.38. The van der Waals surface area contributed by atoms with Crippen molar-refractivity contribution in [3.8, 4) is 5.75 Å². The van der Waals surface area contributed by atoms with Gasteiger partial charge in [0.1, 0.15) is 11.9 Å². The van der Waals surface area contributed by atoms with Gasteiger partial charge in [-0.3, -0.25) is 24.0 Å². The van der Waals surface area contributed by atoms with E-state index in [0.717, 1.165) is 25.2 Å². The van der Waals surface area contributed by atoms with Crippen LogP contribution >= 0.6 is 0 Å². The molecule has 1 aliphatic heterocycles. The number of aromatic amines is 1. The summed E-state index contributed by atoms with van der Waals surface area (Å²) in [5, 5.41) is 30.3. The highest BCUT2D eigenvalue weighted by Gasteiger charge is 2.39. The van der Waals surface area contributed by atoms with Crippen LogP contribution in [-0.2, 0) is 39.9 Å². The van der Waals surface area contributed by atoms with E-state index >= 15 is 0 Å². The van der Waals surface area contributed by atoms with E-state index < -0.39 is 48.2 Å². The number of ether oxygens (including phenoxy) is 3. The number of allylic oxidation sites excluding steroid dienone is 2. The molecule has 6 N–H and O–H groups in total. The summed E-state index contributed by atoms with van der Waals surface area (Å²) in [7, 11) is 0. The average molecular weight is 952 g/mol. The maximum absolute atomic E-state index is 13.2. The summed E-state index contributed by atoms with van der Waals surface area (Å²) in [6.45, 7) is 14.6. The van der Waals surface area contributed by atoms with Crippen molar-refractivity contribution in [2.45, 2.75) is 117 Å². The molecule has 1 fully saturated rings. The van der Waals surface area contributed by atoms with Crippen LogP contribution in [0.4, 0.5) is 5.69 Å². The fourth-order valence-corrected chi connectivity index (χ4v) is 8.66. The van der Waals surface area contributed by atoms with Crippen molar-refractivity contribution >= 4 is 53.0 Å². The zero-order valence-corrected chi connectivity index (χ0v) is 40.7. The fraction of sp³-hybridized carbons (Fsp3) is 0.472. The van der Waals surface area contributed by atoms with Gasteiger partial charge in [-0.1, -0.05) is 62.4 Å². The normalized spacial score (nSPS) is 19.1. The number of carbonyl (C=O) groups is 6. The Hall–Kier alpha value is -6.36. The second kappa shape index (κ2) is 26.4. The van der Waals surface area contributed by atoms with E-state index in [2.05, 4.69) is 39.7 Å². The molecule has 16 nitrogen and oxygen atoms in total. The average Bonchev–Trinajstić information content (AvgIpc) is 3.89.